The molecule has 140 valence electrons. The lowest BCUT2D eigenvalue weighted by molar-refractivity contribution is -0.709. The molecule has 0 aliphatic rings. The van der Waals surface area contributed by atoms with Crippen molar-refractivity contribution in [1.82, 2.24) is 0 Å². The highest BCUT2D eigenvalue weighted by molar-refractivity contribution is 5.93. The zero-order valence-electron chi connectivity index (χ0n) is 15.0. The number of benzene rings is 3. The standard InChI is InChI=1S/C21H19F3N2O/c1-12(15-9-5-7-14-6-3-4-8-16(14)15)25-13(2)21(27)26-18-11-10-17(22)19(23)20(18)24/h3-13,25H,1-2H3,(H,26,27)/p+1/t12-,13+/m1/s1. The van der Waals surface area contributed by atoms with Crippen molar-refractivity contribution in [2.45, 2.75) is 25.9 Å². The van der Waals surface area contributed by atoms with Gasteiger partial charge in [0.1, 0.15) is 6.04 Å². The third-order valence-corrected chi connectivity index (χ3v) is 4.60. The first-order valence-electron chi connectivity index (χ1n) is 8.65. The van der Waals surface area contributed by atoms with Crippen molar-refractivity contribution in [3.8, 4) is 0 Å². The minimum absolute atomic E-state index is 0.0355. The summed E-state index contributed by atoms with van der Waals surface area (Å²) in [7, 11) is 0. The van der Waals surface area contributed by atoms with Gasteiger partial charge in [-0.3, -0.25) is 4.79 Å². The van der Waals surface area contributed by atoms with Crippen LogP contribution in [0.25, 0.3) is 10.8 Å². The van der Waals surface area contributed by atoms with E-state index in [1.807, 2.05) is 54.7 Å². The molecule has 0 aliphatic carbocycles. The summed E-state index contributed by atoms with van der Waals surface area (Å²) in [6, 6.07) is 15.1. The Kier molecular flexibility index (Phi) is 5.46. The molecule has 3 N–H and O–H groups in total. The minimum Gasteiger partial charge on any atom is -0.330 e. The molecule has 6 heteroatoms. The first-order chi connectivity index (χ1) is 12.9. The van der Waals surface area contributed by atoms with Gasteiger partial charge in [-0.15, -0.1) is 0 Å². The molecule has 3 rings (SSSR count). The third kappa shape index (κ3) is 3.95. The molecule has 27 heavy (non-hydrogen) atoms. The van der Waals surface area contributed by atoms with Gasteiger partial charge in [0.2, 0.25) is 0 Å². The van der Waals surface area contributed by atoms with Crippen molar-refractivity contribution in [3.63, 3.8) is 0 Å². The molecule has 0 bridgehead atoms. The summed E-state index contributed by atoms with van der Waals surface area (Å²) in [5.41, 5.74) is 0.698. The Morgan fingerprint density at radius 3 is 2.41 bits per heavy atom. The van der Waals surface area contributed by atoms with Crippen LogP contribution in [-0.4, -0.2) is 11.9 Å². The number of carbonyl (C=O) groups is 1. The van der Waals surface area contributed by atoms with E-state index in [0.717, 1.165) is 28.5 Å². The Labute approximate surface area is 155 Å². The predicted octanol–water partition coefficient (Wildman–Crippen LogP) is 3.91. The van der Waals surface area contributed by atoms with E-state index in [2.05, 4.69) is 5.32 Å². The van der Waals surface area contributed by atoms with Gasteiger partial charge in [0, 0.05) is 5.56 Å². The minimum atomic E-state index is -1.60. The molecule has 0 heterocycles. The van der Waals surface area contributed by atoms with Crippen LogP contribution in [0.5, 0.6) is 0 Å². The van der Waals surface area contributed by atoms with E-state index >= 15 is 0 Å². The van der Waals surface area contributed by atoms with Crippen molar-refractivity contribution in [1.29, 1.82) is 0 Å². The van der Waals surface area contributed by atoms with Crippen LogP contribution in [0.3, 0.4) is 0 Å². The number of rotatable bonds is 5. The molecule has 0 aliphatic heterocycles. The summed E-state index contributed by atoms with van der Waals surface area (Å²) >= 11 is 0. The van der Waals surface area contributed by atoms with Gasteiger partial charge >= 0.3 is 0 Å². The quantitative estimate of drug-likeness (QED) is 0.655. The molecule has 0 unspecified atom stereocenters. The van der Waals surface area contributed by atoms with Crippen LogP contribution in [-0.2, 0) is 4.79 Å². The number of fused-ring (bicyclic) bond motifs is 1. The van der Waals surface area contributed by atoms with Gasteiger partial charge in [-0.2, -0.15) is 0 Å². The average Bonchev–Trinajstić information content (AvgIpc) is 2.67. The second kappa shape index (κ2) is 7.80. The normalized spacial score (nSPS) is 13.4. The summed E-state index contributed by atoms with van der Waals surface area (Å²) in [5.74, 6) is -4.80. The summed E-state index contributed by atoms with van der Waals surface area (Å²) in [4.78, 5) is 12.4. The molecule has 0 radical (unpaired) electrons. The molecule has 0 saturated heterocycles. The summed E-state index contributed by atoms with van der Waals surface area (Å²) in [6.45, 7) is 3.65. The number of hydrogen-bond acceptors (Lipinski definition) is 1. The number of amides is 1. The molecule has 2 atom stereocenters. The van der Waals surface area contributed by atoms with Crippen LogP contribution < -0.4 is 10.6 Å². The lowest BCUT2D eigenvalue weighted by Crippen LogP contribution is -2.91. The van der Waals surface area contributed by atoms with Crippen LogP contribution >= 0.6 is 0 Å². The van der Waals surface area contributed by atoms with Crippen LogP contribution in [0.4, 0.5) is 18.9 Å². The number of halogens is 3. The van der Waals surface area contributed by atoms with Crippen molar-refractivity contribution >= 4 is 22.4 Å². The highest BCUT2D eigenvalue weighted by atomic mass is 19.2. The Morgan fingerprint density at radius 2 is 1.63 bits per heavy atom. The van der Waals surface area contributed by atoms with Gasteiger partial charge in [-0.1, -0.05) is 42.5 Å². The predicted molar refractivity (Wildman–Crippen MR) is 98.7 cm³/mol. The molecule has 0 aromatic heterocycles. The second-order valence-corrected chi connectivity index (χ2v) is 6.55. The lowest BCUT2D eigenvalue weighted by Gasteiger charge is -2.18. The molecule has 0 saturated carbocycles. The molecule has 3 nitrogen and oxygen atoms in total. The Hall–Kier alpha value is -2.86. The van der Waals surface area contributed by atoms with Crippen molar-refractivity contribution < 1.29 is 23.3 Å². The van der Waals surface area contributed by atoms with Gasteiger partial charge < -0.3 is 10.6 Å². The molecular formula is C21H20F3N2O+. The highest BCUT2D eigenvalue weighted by Gasteiger charge is 2.23. The number of nitrogens with one attached hydrogen (secondary N) is 1. The number of hydrogen-bond donors (Lipinski definition) is 2. The van der Waals surface area contributed by atoms with E-state index in [9.17, 15) is 18.0 Å². The second-order valence-electron chi connectivity index (χ2n) is 6.55. The maximum Gasteiger partial charge on any atom is 0.282 e. The Balaban J connectivity index is 1.73. The van der Waals surface area contributed by atoms with E-state index in [4.69, 9.17) is 0 Å². The zero-order valence-corrected chi connectivity index (χ0v) is 15.0. The maximum atomic E-state index is 13.7. The van der Waals surface area contributed by atoms with Crippen LogP contribution in [0.15, 0.2) is 54.6 Å². The van der Waals surface area contributed by atoms with E-state index < -0.39 is 29.4 Å². The summed E-state index contributed by atoms with van der Waals surface area (Å²) in [6.07, 6.45) is 0. The van der Waals surface area contributed by atoms with Crippen molar-refractivity contribution in [2.75, 3.05) is 5.32 Å². The smallest absolute Gasteiger partial charge is 0.282 e. The Morgan fingerprint density at radius 1 is 0.926 bits per heavy atom. The lowest BCUT2D eigenvalue weighted by atomic mass is 9.99. The van der Waals surface area contributed by atoms with Crippen LogP contribution in [0.1, 0.15) is 25.5 Å². The molecule has 3 aromatic carbocycles. The highest BCUT2D eigenvalue weighted by Crippen LogP contribution is 2.22. The number of anilines is 1. The maximum absolute atomic E-state index is 13.7. The molecule has 0 fully saturated rings. The monoisotopic (exact) mass is 373 g/mol. The van der Waals surface area contributed by atoms with Gasteiger partial charge in [0.05, 0.1) is 5.69 Å². The first kappa shape index (κ1) is 18.9. The number of carbonyl (C=O) groups excluding carboxylic acids is 1. The fourth-order valence-corrected chi connectivity index (χ4v) is 3.14. The molecular weight excluding hydrogens is 353 g/mol. The number of nitrogens with two attached hydrogens (primary N) is 1. The van der Waals surface area contributed by atoms with E-state index in [1.165, 1.54) is 0 Å². The van der Waals surface area contributed by atoms with Gasteiger partial charge in [-0.25, -0.2) is 13.2 Å². The van der Waals surface area contributed by atoms with E-state index in [1.54, 1.807) is 6.92 Å². The van der Waals surface area contributed by atoms with Gasteiger partial charge in [-0.05, 0) is 36.8 Å². The van der Waals surface area contributed by atoms with E-state index in [-0.39, 0.29) is 11.7 Å². The summed E-state index contributed by atoms with van der Waals surface area (Å²) in [5, 5.41) is 6.37. The summed E-state index contributed by atoms with van der Waals surface area (Å²) < 4.78 is 40.1. The first-order valence-corrected chi connectivity index (χ1v) is 8.65. The SMILES string of the molecule is C[C@H]([NH2+][C@H](C)c1cccc2ccccc12)C(=O)Nc1ccc(F)c(F)c1F. The fourth-order valence-electron chi connectivity index (χ4n) is 3.14. The van der Waals surface area contributed by atoms with Gasteiger partial charge in [0.25, 0.3) is 5.91 Å². The Bertz CT molecular complexity index is 985. The van der Waals surface area contributed by atoms with Crippen LogP contribution in [0, 0.1) is 17.5 Å². The molecule has 0 spiro atoms. The topological polar surface area (TPSA) is 45.7 Å². The number of quaternary nitrogens is 1. The average molecular weight is 373 g/mol. The third-order valence-electron chi connectivity index (χ3n) is 4.60. The molecule has 1 amide bonds. The van der Waals surface area contributed by atoms with E-state index in [0.29, 0.717) is 0 Å². The largest absolute Gasteiger partial charge is 0.330 e. The van der Waals surface area contributed by atoms with Crippen molar-refractivity contribution in [2.24, 2.45) is 0 Å². The van der Waals surface area contributed by atoms with Crippen molar-refractivity contribution in [3.05, 3.63) is 77.6 Å². The zero-order chi connectivity index (χ0) is 19.6. The van der Waals surface area contributed by atoms with Crippen LogP contribution in [0.2, 0.25) is 0 Å². The van der Waals surface area contributed by atoms with Gasteiger partial charge in [0.15, 0.2) is 23.5 Å². The molecule has 3 aromatic rings. The fraction of sp³-hybridized carbons (Fsp3) is 0.190.